The van der Waals surface area contributed by atoms with E-state index in [2.05, 4.69) is 0 Å². The molecule has 5 nitrogen and oxygen atoms in total. The van der Waals surface area contributed by atoms with Crippen LogP contribution in [0.1, 0.15) is 47.5 Å². The van der Waals surface area contributed by atoms with E-state index in [4.69, 9.17) is 9.72 Å². The number of rotatable bonds is 7. The van der Waals surface area contributed by atoms with Crippen molar-refractivity contribution < 1.29 is 9.53 Å². The van der Waals surface area contributed by atoms with Gasteiger partial charge in [0.25, 0.3) is 5.56 Å². The fourth-order valence-corrected chi connectivity index (χ4v) is 5.99. The molecule has 1 aliphatic carbocycles. The minimum absolute atomic E-state index is 0.0144. The summed E-state index contributed by atoms with van der Waals surface area (Å²) in [5, 5.41) is 1.43. The van der Waals surface area contributed by atoms with E-state index in [0.29, 0.717) is 23.9 Å². The first-order valence-electron chi connectivity index (χ1n) is 10.1. The smallest absolute Gasteiger partial charge is 0.263 e. The van der Waals surface area contributed by atoms with Gasteiger partial charge >= 0.3 is 0 Å². The van der Waals surface area contributed by atoms with Gasteiger partial charge in [-0.3, -0.25) is 14.2 Å². The molecule has 0 fully saturated rings. The number of aromatic nitrogens is 2. The number of hydrogen-bond donors (Lipinski definition) is 0. The highest BCUT2D eigenvalue weighted by molar-refractivity contribution is 7.99. The summed E-state index contributed by atoms with van der Waals surface area (Å²) in [5.41, 5.74) is 1.88. The Bertz CT molecular complexity index is 1100. The molecule has 7 heteroatoms. The number of carbonyl (C=O) groups excluding carboxylic acids is 1. The van der Waals surface area contributed by atoms with Crippen LogP contribution >= 0.6 is 23.1 Å². The maximum atomic E-state index is 13.1. The number of carbonyl (C=O) groups is 1. The van der Waals surface area contributed by atoms with E-state index in [1.807, 2.05) is 26.0 Å². The van der Waals surface area contributed by atoms with Gasteiger partial charge in [0.15, 0.2) is 10.9 Å². The molecule has 0 amide bonds. The van der Waals surface area contributed by atoms with Crippen molar-refractivity contribution in [3.05, 3.63) is 50.6 Å². The minimum atomic E-state index is 0.0144. The first kappa shape index (κ1) is 20.2. The SMILES string of the molecule is CCOc1ccc(C(=O)CSc2nc3sc4c(c3c(=O)n2CC)CCCC4)cc1. The minimum Gasteiger partial charge on any atom is -0.494 e. The van der Waals surface area contributed by atoms with E-state index in [-0.39, 0.29) is 17.1 Å². The normalized spacial score (nSPS) is 13.4. The van der Waals surface area contributed by atoms with Crippen molar-refractivity contribution in [1.82, 2.24) is 9.55 Å². The Morgan fingerprint density at radius 3 is 2.69 bits per heavy atom. The van der Waals surface area contributed by atoms with Crippen LogP contribution < -0.4 is 10.3 Å². The molecule has 0 N–H and O–H groups in total. The predicted molar refractivity (Wildman–Crippen MR) is 119 cm³/mol. The van der Waals surface area contributed by atoms with Gasteiger partial charge in [0.1, 0.15) is 10.6 Å². The number of ether oxygens (including phenoxy) is 1. The summed E-state index contributed by atoms with van der Waals surface area (Å²) < 4.78 is 7.13. The van der Waals surface area contributed by atoms with E-state index >= 15 is 0 Å². The molecule has 3 aromatic rings. The van der Waals surface area contributed by atoms with Crippen LogP contribution in [0.3, 0.4) is 0 Å². The van der Waals surface area contributed by atoms with Gasteiger partial charge < -0.3 is 4.74 Å². The molecule has 0 aliphatic heterocycles. The molecule has 1 aliphatic rings. The monoisotopic (exact) mass is 428 g/mol. The van der Waals surface area contributed by atoms with E-state index in [0.717, 1.165) is 35.2 Å². The van der Waals surface area contributed by atoms with Crippen molar-refractivity contribution in [2.75, 3.05) is 12.4 Å². The lowest BCUT2D eigenvalue weighted by atomic mass is 9.97. The van der Waals surface area contributed by atoms with Gasteiger partial charge in [-0.2, -0.15) is 0 Å². The fourth-order valence-electron chi connectivity index (χ4n) is 3.73. The third kappa shape index (κ3) is 3.98. The van der Waals surface area contributed by atoms with Gasteiger partial charge in [-0.05, 0) is 69.4 Å². The molecule has 0 radical (unpaired) electrons. The van der Waals surface area contributed by atoms with Crippen LogP contribution in [0.4, 0.5) is 0 Å². The summed E-state index contributed by atoms with van der Waals surface area (Å²) in [7, 11) is 0. The molecule has 0 spiro atoms. The number of hydrogen-bond acceptors (Lipinski definition) is 6. The van der Waals surface area contributed by atoms with Crippen molar-refractivity contribution in [2.24, 2.45) is 0 Å². The second-order valence-corrected chi connectivity index (χ2v) is 9.03. The van der Waals surface area contributed by atoms with Gasteiger partial charge in [-0.25, -0.2) is 4.98 Å². The molecule has 1 aromatic carbocycles. The number of ketones is 1. The average Bonchev–Trinajstić information content (AvgIpc) is 3.11. The molecule has 2 heterocycles. The third-order valence-corrected chi connectivity index (χ3v) is 7.34. The highest BCUT2D eigenvalue weighted by Crippen LogP contribution is 2.34. The summed E-state index contributed by atoms with van der Waals surface area (Å²) >= 11 is 2.99. The number of thioether (sulfide) groups is 1. The van der Waals surface area contributed by atoms with Gasteiger partial charge in [-0.15, -0.1) is 11.3 Å². The molecule has 0 unspecified atom stereocenters. The summed E-state index contributed by atoms with van der Waals surface area (Å²) in [4.78, 5) is 32.7. The summed E-state index contributed by atoms with van der Waals surface area (Å²) in [6, 6.07) is 7.18. The van der Waals surface area contributed by atoms with Crippen molar-refractivity contribution in [1.29, 1.82) is 0 Å². The molecule has 0 saturated carbocycles. The third-order valence-electron chi connectivity index (χ3n) is 5.18. The lowest BCUT2D eigenvalue weighted by Gasteiger charge is -2.12. The van der Waals surface area contributed by atoms with Crippen LogP contribution in [0, 0.1) is 0 Å². The van der Waals surface area contributed by atoms with Crippen molar-refractivity contribution >= 4 is 39.1 Å². The number of benzene rings is 1. The summed E-state index contributed by atoms with van der Waals surface area (Å²) in [6.07, 6.45) is 4.33. The number of nitrogens with zero attached hydrogens (tertiary/aromatic N) is 2. The largest absolute Gasteiger partial charge is 0.494 e. The Morgan fingerprint density at radius 1 is 1.21 bits per heavy atom. The predicted octanol–water partition coefficient (Wildman–Crippen LogP) is 4.73. The number of Topliss-reactive ketones (excluding diaryl/α,β-unsaturated/α-hetero) is 1. The molecule has 29 heavy (non-hydrogen) atoms. The molecule has 4 rings (SSSR count). The zero-order valence-electron chi connectivity index (χ0n) is 16.7. The van der Waals surface area contributed by atoms with E-state index in [1.54, 1.807) is 28.0 Å². The Morgan fingerprint density at radius 2 is 1.97 bits per heavy atom. The van der Waals surface area contributed by atoms with Gasteiger partial charge in [0.05, 0.1) is 17.7 Å². The maximum Gasteiger partial charge on any atom is 0.263 e. The lowest BCUT2D eigenvalue weighted by Crippen LogP contribution is -2.23. The highest BCUT2D eigenvalue weighted by Gasteiger charge is 2.22. The molecule has 0 saturated heterocycles. The first-order chi connectivity index (χ1) is 14.1. The zero-order valence-corrected chi connectivity index (χ0v) is 18.3. The van der Waals surface area contributed by atoms with E-state index < -0.39 is 0 Å². The molecular weight excluding hydrogens is 404 g/mol. The van der Waals surface area contributed by atoms with E-state index in [9.17, 15) is 9.59 Å². The molecule has 0 atom stereocenters. The average molecular weight is 429 g/mol. The molecule has 0 bridgehead atoms. The second-order valence-electron chi connectivity index (χ2n) is 7.00. The van der Waals surface area contributed by atoms with Gasteiger partial charge in [0, 0.05) is 17.0 Å². The van der Waals surface area contributed by atoms with Crippen LogP contribution in [0.2, 0.25) is 0 Å². The fraction of sp³-hybridized carbons (Fsp3) is 0.409. The Labute approximate surface area is 178 Å². The summed E-state index contributed by atoms with van der Waals surface area (Å²) in [5.74, 6) is 1.02. The van der Waals surface area contributed by atoms with Crippen LogP contribution in [0.5, 0.6) is 5.75 Å². The highest BCUT2D eigenvalue weighted by atomic mass is 32.2. The number of aryl methyl sites for hydroxylation is 2. The Balaban J connectivity index is 1.59. The second kappa shape index (κ2) is 8.71. The number of fused-ring (bicyclic) bond motifs is 3. The van der Waals surface area contributed by atoms with Crippen molar-refractivity contribution in [3.8, 4) is 5.75 Å². The van der Waals surface area contributed by atoms with Crippen LogP contribution in [-0.4, -0.2) is 27.7 Å². The standard InChI is InChI=1S/C22H24N2O3S2/c1-3-24-21(26)19-16-7-5-6-8-18(16)29-20(19)23-22(24)28-13-17(25)14-9-11-15(12-10-14)27-4-2/h9-12H,3-8,13H2,1-2H3. The summed E-state index contributed by atoms with van der Waals surface area (Å²) in [6.45, 7) is 5.02. The quantitative estimate of drug-likeness (QED) is 0.309. The Kier molecular flexibility index (Phi) is 6.06. The van der Waals surface area contributed by atoms with Crippen LogP contribution in [-0.2, 0) is 19.4 Å². The van der Waals surface area contributed by atoms with Gasteiger partial charge in [-0.1, -0.05) is 11.8 Å². The maximum absolute atomic E-state index is 13.1. The molecular formula is C22H24N2O3S2. The van der Waals surface area contributed by atoms with Crippen molar-refractivity contribution in [2.45, 2.75) is 51.2 Å². The van der Waals surface area contributed by atoms with E-state index in [1.165, 1.54) is 28.6 Å². The van der Waals surface area contributed by atoms with Crippen LogP contribution in [0.15, 0.2) is 34.2 Å². The molecule has 152 valence electrons. The van der Waals surface area contributed by atoms with Gasteiger partial charge in [0.2, 0.25) is 0 Å². The Hall–Kier alpha value is -2.12. The topological polar surface area (TPSA) is 61.2 Å². The van der Waals surface area contributed by atoms with Crippen molar-refractivity contribution in [3.63, 3.8) is 0 Å². The first-order valence-corrected chi connectivity index (χ1v) is 11.9. The zero-order chi connectivity index (χ0) is 20.4. The molecule has 2 aromatic heterocycles. The van der Waals surface area contributed by atoms with Crippen LogP contribution in [0.25, 0.3) is 10.2 Å². The lowest BCUT2D eigenvalue weighted by molar-refractivity contribution is 0.102. The number of thiophene rings is 1.